The van der Waals surface area contributed by atoms with Crippen molar-refractivity contribution in [2.45, 2.75) is 51.6 Å². The minimum atomic E-state index is 0.467. The van der Waals surface area contributed by atoms with E-state index in [0.717, 1.165) is 18.4 Å². The quantitative estimate of drug-likeness (QED) is 0.848. The zero-order valence-electron chi connectivity index (χ0n) is 14.2. The van der Waals surface area contributed by atoms with Crippen LogP contribution >= 0.6 is 0 Å². The van der Waals surface area contributed by atoms with E-state index in [0.29, 0.717) is 12.1 Å². The summed E-state index contributed by atoms with van der Waals surface area (Å²) in [6, 6.07) is 12.0. The number of hydrogen-bond acceptors (Lipinski definition) is 2. The topological polar surface area (TPSA) is 15.3 Å². The lowest BCUT2D eigenvalue weighted by atomic mass is 9.79. The van der Waals surface area contributed by atoms with Gasteiger partial charge in [0, 0.05) is 18.6 Å². The number of rotatable bonds is 6. The number of likely N-dealkylation sites (N-methyl/N-ethyl adjacent to an activating group) is 1. The minimum Gasteiger partial charge on any atom is -0.312 e. The van der Waals surface area contributed by atoms with Crippen molar-refractivity contribution in [3.63, 3.8) is 0 Å². The van der Waals surface area contributed by atoms with Crippen molar-refractivity contribution in [2.75, 3.05) is 20.6 Å². The fourth-order valence-electron chi connectivity index (χ4n) is 3.54. The smallest absolute Gasteiger partial charge is 0.0466 e. The second kappa shape index (κ2) is 7.95. The molecular formula is C19H32N2. The standard InChI is InChI=1S/C19H32N2/c1-15(2)16-10-12-18(13-11-16)20-14-19(21(3)4)17-8-6-5-7-9-17/h5-9,15-16,18-20H,10-14H2,1-4H3. The molecule has 0 heterocycles. The number of nitrogens with zero attached hydrogens (tertiary/aromatic N) is 1. The molecule has 1 aromatic carbocycles. The molecule has 1 unspecified atom stereocenters. The third-order valence-electron chi connectivity index (χ3n) is 5.12. The average molecular weight is 288 g/mol. The molecule has 0 spiro atoms. The molecule has 0 aromatic heterocycles. The van der Waals surface area contributed by atoms with Crippen LogP contribution in [-0.2, 0) is 0 Å². The van der Waals surface area contributed by atoms with Gasteiger partial charge in [-0.1, -0.05) is 44.2 Å². The van der Waals surface area contributed by atoms with Crippen LogP contribution in [0.4, 0.5) is 0 Å². The van der Waals surface area contributed by atoms with Crippen LogP contribution in [0.15, 0.2) is 30.3 Å². The van der Waals surface area contributed by atoms with Crippen molar-refractivity contribution in [1.29, 1.82) is 0 Å². The van der Waals surface area contributed by atoms with E-state index in [1.54, 1.807) is 0 Å². The third kappa shape index (κ3) is 4.82. The van der Waals surface area contributed by atoms with Crippen molar-refractivity contribution >= 4 is 0 Å². The van der Waals surface area contributed by atoms with Crippen LogP contribution in [0.25, 0.3) is 0 Å². The van der Waals surface area contributed by atoms with Gasteiger partial charge in [0.05, 0.1) is 0 Å². The molecular weight excluding hydrogens is 256 g/mol. The summed E-state index contributed by atoms with van der Waals surface area (Å²) in [5.74, 6) is 1.80. The summed E-state index contributed by atoms with van der Waals surface area (Å²) < 4.78 is 0. The Balaban J connectivity index is 1.84. The molecule has 1 atom stereocenters. The molecule has 1 saturated carbocycles. The van der Waals surface area contributed by atoms with E-state index in [4.69, 9.17) is 0 Å². The molecule has 0 saturated heterocycles. The minimum absolute atomic E-state index is 0.467. The van der Waals surface area contributed by atoms with Gasteiger partial charge in [-0.3, -0.25) is 0 Å². The highest BCUT2D eigenvalue weighted by Crippen LogP contribution is 2.30. The summed E-state index contributed by atoms with van der Waals surface area (Å²) >= 11 is 0. The van der Waals surface area contributed by atoms with Crippen LogP contribution in [0, 0.1) is 11.8 Å². The van der Waals surface area contributed by atoms with Gasteiger partial charge in [-0.15, -0.1) is 0 Å². The van der Waals surface area contributed by atoms with Crippen LogP contribution < -0.4 is 5.32 Å². The van der Waals surface area contributed by atoms with Crippen molar-refractivity contribution < 1.29 is 0 Å². The van der Waals surface area contributed by atoms with Crippen LogP contribution in [0.2, 0.25) is 0 Å². The second-order valence-corrected chi connectivity index (χ2v) is 7.15. The Bertz CT molecular complexity index is 391. The van der Waals surface area contributed by atoms with E-state index in [9.17, 15) is 0 Å². The molecule has 118 valence electrons. The molecule has 0 radical (unpaired) electrons. The molecule has 1 N–H and O–H groups in total. The highest BCUT2D eigenvalue weighted by molar-refractivity contribution is 5.19. The van der Waals surface area contributed by atoms with E-state index < -0.39 is 0 Å². The monoisotopic (exact) mass is 288 g/mol. The van der Waals surface area contributed by atoms with Gasteiger partial charge in [0.15, 0.2) is 0 Å². The normalized spacial score (nSPS) is 24.5. The van der Waals surface area contributed by atoms with Crippen molar-refractivity contribution in [3.8, 4) is 0 Å². The van der Waals surface area contributed by atoms with E-state index in [1.165, 1.54) is 31.2 Å². The third-order valence-corrected chi connectivity index (χ3v) is 5.12. The maximum Gasteiger partial charge on any atom is 0.0466 e. The van der Waals surface area contributed by atoms with Crippen molar-refractivity contribution in [1.82, 2.24) is 10.2 Å². The van der Waals surface area contributed by atoms with Crippen LogP contribution in [-0.4, -0.2) is 31.6 Å². The van der Waals surface area contributed by atoms with Gasteiger partial charge in [-0.2, -0.15) is 0 Å². The summed E-state index contributed by atoms with van der Waals surface area (Å²) in [5, 5.41) is 3.82. The first-order valence-corrected chi connectivity index (χ1v) is 8.52. The molecule has 1 fully saturated rings. The lowest BCUT2D eigenvalue weighted by Gasteiger charge is -2.33. The Morgan fingerprint density at radius 3 is 2.19 bits per heavy atom. The summed E-state index contributed by atoms with van der Waals surface area (Å²) in [6.45, 7) is 5.79. The molecule has 1 aliphatic carbocycles. The Labute approximate surface area is 130 Å². The Morgan fingerprint density at radius 1 is 1.05 bits per heavy atom. The number of hydrogen-bond donors (Lipinski definition) is 1. The summed E-state index contributed by atoms with van der Waals surface area (Å²) in [5.41, 5.74) is 1.41. The van der Waals surface area contributed by atoms with Gasteiger partial charge in [-0.05, 0) is 57.2 Å². The van der Waals surface area contributed by atoms with E-state index in [1.807, 2.05) is 0 Å². The SMILES string of the molecule is CC(C)C1CCC(NCC(c2ccccc2)N(C)C)CC1. The maximum absolute atomic E-state index is 3.82. The Hall–Kier alpha value is -0.860. The lowest BCUT2D eigenvalue weighted by molar-refractivity contribution is 0.220. The van der Waals surface area contributed by atoms with Crippen molar-refractivity contribution in [3.05, 3.63) is 35.9 Å². The molecule has 1 aliphatic rings. The fraction of sp³-hybridized carbons (Fsp3) is 0.684. The highest BCUT2D eigenvalue weighted by atomic mass is 15.1. The Kier molecular flexibility index (Phi) is 6.25. The van der Waals surface area contributed by atoms with Gasteiger partial charge in [0.1, 0.15) is 0 Å². The van der Waals surface area contributed by atoms with Gasteiger partial charge in [-0.25, -0.2) is 0 Å². The molecule has 2 rings (SSSR count). The number of benzene rings is 1. The lowest BCUT2D eigenvalue weighted by Crippen LogP contribution is -2.39. The Morgan fingerprint density at radius 2 is 1.67 bits per heavy atom. The predicted molar refractivity (Wildman–Crippen MR) is 91.5 cm³/mol. The van der Waals surface area contributed by atoms with E-state index in [2.05, 4.69) is 68.5 Å². The van der Waals surface area contributed by atoms with Crippen LogP contribution in [0.1, 0.15) is 51.1 Å². The fourth-order valence-corrected chi connectivity index (χ4v) is 3.54. The molecule has 0 bridgehead atoms. The average Bonchev–Trinajstić information content (AvgIpc) is 2.48. The van der Waals surface area contributed by atoms with E-state index in [-0.39, 0.29) is 0 Å². The maximum atomic E-state index is 3.82. The molecule has 21 heavy (non-hydrogen) atoms. The molecule has 0 amide bonds. The predicted octanol–water partition coefficient (Wildman–Crippen LogP) is 4.09. The molecule has 2 heteroatoms. The van der Waals surface area contributed by atoms with Gasteiger partial charge < -0.3 is 10.2 Å². The van der Waals surface area contributed by atoms with Gasteiger partial charge in [0.25, 0.3) is 0 Å². The molecule has 1 aromatic rings. The summed E-state index contributed by atoms with van der Waals surface area (Å²) in [7, 11) is 4.35. The van der Waals surface area contributed by atoms with Crippen molar-refractivity contribution in [2.24, 2.45) is 11.8 Å². The number of nitrogens with one attached hydrogen (secondary N) is 1. The first-order chi connectivity index (χ1) is 10.1. The van der Waals surface area contributed by atoms with Gasteiger partial charge in [0.2, 0.25) is 0 Å². The largest absolute Gasteiger partial charge is 0.312 e. The summed E-state index contributed by atoms with van der Waals surface area (Å²) in [4.78, 5) is 2.32. The zero-order chi connectivity index (χ0) is 15.2. The van der Waals surface area contributed by atoms with Crippen LogP contribution in [0.3, 0.4) is 0 Å². The second-order valence-electron chi connectivity index (χ2n) is 7.15. The summed E-state index contributed by atoms with van der Waals surface area (Å²) in [6.07, 6.45) is 5.48. The highest BCUT2D eigenvalue weighted by Gasteiger charge is 2.24. The zero-order valence-corrected chi connectivity index (χ0v) is 14.2. The van der Waals surface area contributed by atoms with Crippen LogP contribution in [0.5, 0.6) is 0 Å². The first kappa shape index (κ1) is 16.5. The molecule has 2 nitrogen and oxygen atoms in total. The van der Waals surface area contributed by atoms with Gasteiger partial charge >= 0.3 is 0 Å². The van der Waals surface area contributed by atoms with E-state index >= 15 is 0 Å². The molecule has 0 aliphatic heterocycles. The first-order valence-electron chi connectivity index (χ1n) is 8.52.